The first-order valence-corrected chi connectivity index (χ1v) is 6.58. The maximum atomic E-state index is 11.9. The molecular formula is C15H22N2O. The monoisotopic (exact) mass is 246 g/mol. The van der Waals surface area contributed by atoms with Gasteiger partial charge in [-0.25, -0.2) is 0 Å². The molecule has 1 aromatic rings. The third kappa shape index (κ3) is 2.03. The largest absolute Gasteiger partial charge is 0.334 e. The first kappa shape index (κ1) is 13.1. The Hall–Kier alpha value is -1.35. The molecular weight excluding hydrogens is 224 g/mol. The quantitative estimate of drug-likeness (QED) is 0.870. The van der Waals surface area contributed by atoms with Crippen molar-refractivity contribution in [3.63, 3.8) is 0 Å². The average molecular weight is 246 g/mol. The van der Waals surface area contributed by atoms with E-state index in [0.29, 0.717) is 6.42 Å². The van der Waals surface area contributed by atoms with Crippen LogP contribution in [-0.4, -0.2) is 23.4 Å². The third-order valence-corrected chi connectivity index (χ3v) is 4.01. The predicted molar refractivity (Wildman–Crippen MR) is 73.4 cm³/mol. The van der Waals surface area contributed by atoms with Crippen LogP contribution in [0.1, 0.15) is 41.6 Å². The zero-order valence-electron chi connectivity index (χ0n) is 11.7. The second-order valence-corrected chi connectivity index (χ2v) is 5.29. The molecule has 2 N–H and O–H groups in total. The molecule has 3 nitrogen and oxygen atoms in total. The van der Waals surface area contributed by atoms with Gasteiger partial charge in [0.25, 0.3) is 0 Å². The number of nitrogens with zero attached hydrogens (tertiary/aromatic N) is 1. The third-order valence-electron chi connectivity index (χ3n) is 4.01. The van der Waals surface area contributed by atoms with Crippen molar-refractivity contribution < 1.29 is 4.79 Å². The zero-order chi connectivity index (χ0) is 13.4. The van der Waals surface area contributed by atoms with Crippen molar-refractivity contribution in [3.8, 4) is 0 Å². The summed E-state index contributed by atoms with van der Waals surface area (Å²) in [4.78, 5) is 13.8. The number of hydrogen-bond donors (Lipinski definition) is 1. The van der Waals surface area contributed by atoms with Crippen LogP contribution in [0.4, 0.5) is 0 Å². The lowest BCUT2D eigenvalue weighted by Gasteiger charge is -2.28. The molecule has 18 heavy (non-hydrogen) atoms. The van der Waals surface area contributed by atoms with Crippen LogP contribution in [0.2, 0.25) is 0 Å². The maximum Gasteiger partial charge on any atom is 0.224 e. The highest BCUT2D eigenvalue weighted by Gasteiger charge is 2.38. The summed E-state index contributed by atoms with van der Waals surface area (Å²) < 4.78 is 0. The lowest BCUT2D eigenvalue weighted by Crippen LogP contribution is -2.33. The molecule has 0 spiro atoms. The van der Waals surface area contributed by atoms with E-state index < -0.39 is 0 Å². The normalized spacial score (nSPS) is 23.8. The molecule has 2 unspecified atom stereocenters. The molecule has 98 valence electrons. The van der Waals surface area contributed by atoms with E-state index >= 15 is 0 Å². The molecule has 0 aliphatic carbocycles. The average Bonchev–Trinajstić information content (AvgIpc) is 2.58. The van der Waals surface area contributed by atoms with Crippen molar-refractivity contribution in [3.05, 3.63) is 34.4 Å². The van der Waals surface area contributed by atoms with Crippen LogP contribution in [0.3, 0.4) is 0 Å². The molecule has 1 fully saturated rings. The first-order valence-electron chi connectivity index (χ1n) is 6.58. The van der Waals surface area contributed by atoms with E-state index in [2.05, 4.69) is 32.9 Å². The van der Waals surface area contributed by atoms with Gasteiger partial charge in [-0.15, -0.1) is 0 Å². The van der Waals surface area contributed by atoms with Crippen LogP contribution in [0.15, 0.2) is 12.1 Å². The van der Waals surface area contributed by atoms with Gasteiger partial charge in [-0.2, -0.15) is 0 Å². The number of hydrogen-bond acceptors (Lipinski definition) is 2. The maximum absolute atomic E-state index is 11.9. The van der Waals surface area contributed by atoms with Gasteiger partial charge < -0.3 is 10.6 Å². The Bertz CT molecular complexity index is 482. The fourth-order valence-corrected chi connectivity index (χ4v) is 2.89. The van der Waals surface area contributed by atoms with E-state index in [1.165, 1.54) is 22.3 Å². The summed E-state index contributed by atoms with van der Waals surface area (Å²) in [5.41, 5.74) is 11.1. The Morgan fingerprint density at radius 3 is 2.44 bits per heavy atom. The van der Waals surface area contributed by atoms with Gasteiger partial charge in [0.15, 0.2) is 0 Å². The van der Waals surface area contributed by atoms with E-state index in [9.17, 15) is 4.79 Å². The Kier molecular flexibility index (Phi) is 3.44. The molecule has 1 heterocycles. The zero-order valence-corrected chi connectivity index (χ0v) is 11.7. The van der Waals surface area contributed by atoms with Crippen LogP contribution in [0, 0.1) is 20.8 Å². The van der Waals surface area contributed by atoms with Crippen molar-refractivity contribution in [1.82, 2.24) is 4.90 Å². The Labute approximate surface area is 109 Å². The number of likely N-dealkylation sites (N-methyl/N-ethyl adjacent to an activating group) is 1. The molecule has 2 atom stereocenters. The fraction of sp³-hybridized carbons (Fsp3) is 0.533. The van der Waals surface area contributed by atoms with Gasteiger partial charge in [0.2, 0.25) is 5.91 Å². The van der Waals surface area contributed by atoms with Crippen LogP contribution in [0.25, 0.3) is 0 Å². The van der Waals surface area contributed by atoms with E-state index in [-0.39, 0.29) is 18.0 Å². The van der Waals surface area contributed by atoms with Gasteiger partial charge in [0, 0.05) is 19.0 Å². The minimum atomic E-state index is -0.0849. The number of benzene rings is 1. The number of amides is 1. The van der Waals surface area contributed by atoms with Gasteiger partial charge in [-0.3, -0.25) is 4.79 Å². The molecule has 0 bridgehead atoms. The molecule has 3 heteroatoms. The predicted octanol–water partition coefficient (Wildman–Crippen LogP) is 2.23. The Balaban J connectivity index is 2.47. The van der Waals surface area contributed by atoms with E-state index in [0.717, 1.165) is 6.54 Å². The smallest absolute Gasteiger partial charge is 0.224 e. The summed E-state index contributed by atoms with van der Waals surface area (Å²) in [6.07, 6.45) is 0.463. The molecule has 1 amide bonds. The van der Waals surface area contributed by atoms with Gasteiger partial charge in [-0.1, -0.05) is 12.1 Å². The van der Waals surface area contributed by atoms with Crippen molar-refractivity contribution in [1.29, 1.82) is 0 Å². The van der Waals surface area contributed by atoms with Crippen LogP contribution >= 0.6 is 0 Å². The fourth-order valence-electron chi connectivity index (χ4n) is 2.89. The Morgan fingerprint density at radius 1 is 1.22 bits per heavy atom. The van der Waals surface area contributed by atoms with Gasteiger partial charge in [0.05, 0.1) is 6.04 Å². The SMILES string of the molecule is CCN1C(=O)CC(N)C1c1cc(C)c(C)cc1C. The summed E-state index contributed by atoms with van der Waals surface area (Å²) in [6.45, 7) is 9.06. The number of nitrogens with two attached hydrogens (primary N) is 1. The second kappa shape index (κ2) is 4.73. The lowest BCUT2D eigenvalue weighted by molar-refractivity contribution is -0.128. The van der Waals surface area contributed by atoms with Crippen LogP contribution in [-0.2, 0) is 4.79 Å². The summed E-state index contributed by atoms with van der Waals surface area (Å²) in [7, 11) is 0. The first-order chi connectivity index (χ1) is 8.45. The highest BCUT2D eigenvalue weighted by atomic mass is 16.2. The van der Waals surface area contributed by atoms with E-state index in [1.54, 1.807) is 0 Å². The number of rotatable bonds is 2. The lowest BCUT2D eigenvalue weighted by atomic mass is 9.92. The molecule has 2 rings (SSSR count). The number of carbonyl (C=O) groups is 1. The van der Waals surface area contributed by atoms with E-state index in [4.69, 9.17) is 5.73 Å². The molecule has 1 aromatic carbocycles. The topological polar surface area (TPSA) is 46.3 Å². The molecule has 1 aliphatic rings. The summed E-state index contributed by atoms with van der Waals surface area (Å²) in [5.74, 6) is 0.174. The number of likely N-dealkylation sites (tertiary alicyclic amines) is 1. The van der Waals surface area contributed by atoms with Gasteiger partial charge >= 0.3 is 0 Å². The highest BCUT2D eigenvalue weighted by Crippen LogP contribution is 2.34. The Morgan fingerprint density at radius 2 is 1.83 bits per heavy atom. The van der Waals surface area contributed by atoms with Crippen LogP contribution in [0.5, 0.6) is 0 Å². The van der Waals surface area contributed by atoms with Crippen molar-refractivity contribution in [2.75, 3.05) is 6.54 Å². The summed E-state index contributed by atoms with van der Waals surface area (Å²) in [6, 6.07) is 4.34. The highest BCUT2D eigenvalue weighted by molar-refractivity contribution is 5.80. The second-order valence-electron chi connectivity index (χ2n) is 5.29. The summed E-state index contributed by atoms with van der Waals surface area (Å²) in [5, 5.41) is 0. The molecule has 1 saturated heterocycles. The molecule has 1 aliphatic heterocycles. The molecule has 0 radical (unpaired) electrons. The number of carbonyl (C=O) groups excluding carboxylic acids is 1. The van der Waals surface area contributed by atoms with E-state index in [1.807, 2.05) is 11.8 Å². The minimum Gasteiger partial charge on any atom is -0.334 e. The molecule has 0 aromatic heterocycles. The minimum absolute atomic E-state index is 0.0433. The van der Waals surface area contributed by atoms with Gasteiger partial charge in [0.1, 0.15) is 0 Å². The van der Waals surface area contributed by atoms with Crippen molar-refractivity contribution in [2.45, 2.75) is 46.2 Å². The van der Waals surface area contributed by atoms with Crippen molar-refractivity contribution in [2.24, 2.45) is 5.73 Å². The van der Waals surface area contributed by atoms with Crippen molar-refractivity contribution >= 4 is 5.91 Å². The standard InChI is InChI=1S/C15H22N2O/c1-5-17-14(18)8-13(16)15(17)12-7-10(3)9(2)6-11(12)4/h6-7,13,15H,5,8,16H2,1-4H3. The molecule has 0 saturated carbocycles. The number of aryl methyl sites for hydroxylation is 3. The van der Waals surface area contributed by atoms with Gasteiger partial charge in [-0.05, 0) is 49.9 Å². The summed E-state index contributed by atoms with van der Waals surface area (Å²) >= 11 is 0. The van der Waals surface area contributed by atoms with Crippen LogP contribution < -0.4 is 5.73 Å².